The average Bonchev–Trinajstić information content (AvgIpc) is 2.46. The number of nitrogens with one attached hydrogen (secondary N) is 1. The van der Waals surface area contributed by atoms with Crippen LogP contribution in [0, 0.1) is 0 Å². The largest absolute Gasteiger partial charge is 0.324 e. The summed E-state index contributed by atoms with van der Waals surface area (Å²) in [5.74, 6) is 0. The number of nitrogens with two attached hydrogens (primary N) is 1. The second-order valence-corrected chi connectivity index (χ2v) is 7.00. The molecular weight excluding hydrogens is 274 g/mol. The Hall–Kier alpha value is -0.950. The summed E-state index contributed by atoms with van der Waals surface area (Å²) < 4.78 is 28.2. The van der Waals surface area contributed by atoms with Gasteiger partial charge in [-0.05, 0) is 18.4 Å². The Balaban J connectivity index is 2.64. The molecule has 20 heavy (non-hydrogen) atoms. The Morgan fingerprint density at radius 1 is 1.20 bits per heavy atom. The number of hydrogen-bond donors (Lipinski definition) is 2. The van der Waals surface area contributed by atoms with E-state index in [-0.39, 0.29) is 6.54 Å². The predicted octanol–water partition coefficient (Wildman–Crippen LogP) is 1.47. The molecule has 1 aromatic carbocycles. The fourth-order valence-electron chi connectivity index (χ4n) is 1.77. The zero-order valence-electron chi connectivity index (χ0n) is 12.5. The van der Waals surface area contributed by atoms with Crippen molar-refractivity contribution in [2.45, 2.75) is 38.8 Å². The normalized spacial score (nSPS) is 12.8. The lowest BCUT2D eigenvalue weighted by molar-refractivity contribution is 0.380. The summed E-state index contributed by atoms with van der Waals surface area (Å²) in [7, 11) is -1.95. The van der Waals surface area contributed by atoms with Gasteiger partial charge in [-0.2, -0.15) is 12.7 Å². The van der Waals surface area contributed by atoms with E-state index in [0.29, 0.717) is 6.54 Å². The van der Waals surface area contributed by atoms with E-state index in [1.807, 2.05) is 44.2 Å². The van der Waals surface area contributed by atoms with Gasteiger partial charge in [0, 0.05) is 25.7 Å². The van der Waals surface area contributed by atoms with Crippen LogP contribution in [0.25, 0.3) is 0 Å². The zero-order valence-corrected chi connectivity index (χ0v) is 13.3. The summed E-state index contributed by atoms with van der Waals surface area (Å²) >= 11 is 0. The smallest absolute Gasteiger partial charge is 0.279 e. The Morgan fingerprint density at radius 3 is 2.25 bits per heavy atom. The molecule has 0 saturated carbocycles. The lowest BCUT2D eigenvalue weighted by atomic mass is 9.95. The molecule has 0 bridgehead atoms. The summed E-state index contributed by atoms with van der Waals surface area (Å²) in [4.78, 5) is 0. The summed E-state index contributed by atoms with van der Waals surface area (Å²) in [5, 5.41) is 0. The van der Waals surface area contributed by atoms with Gasteiger partial charge < -0.3 is 5.73 Å². The number of rotatable bonds is 8. The van der Waals surface area contributed by atoms with E-state index in [1.54, 1.807) is 7.05 Å². The zero-order chi connectivity index (χ0) is 15.2. The van der Waals surface area contributed by atoms with Gasteiger partial charge in [0.15, 0.2) is 0 Å². The Kier molecular flexibility index (Phi) is 6.13. The highest BCUT2D eigenvalue weighted by Crippen LogP contribution is 2.11. The molecular formula is C14H25N3O2S. The van der Waals surface area contributed by atoms with E-state index >= 15 is 0 Å². The first-order valence-electron chi connectivity index (χ1n) is 6.86. The molecule has 0 aliphatic rings. The molecule has 0 aliphatic heterocycles. The summed E-state index contributed by atoms with van der Waals surface area (Å²) in [6, 6.07) is 9.49. The van der Waals surface area contributed by atoms with Gasteiger partial charge in [0.25, 0.3) is 10.2 Å². The van der Waals surface area contributed by atoms with Crippen molar-refractivity contribution in [3.8, 4) is 0 Å². The molecule has 0 atom stereocenters. The molecule has 5 nitrogen and oxygen atoms in total. The maximum absolute atomic E-state index is 12.2. The van der Waals surface area contributed by atoms with Gasteiger partial charge in [-0.1, -0.05) is 44.2 Å². The molecule has 0 unspecified atom stereocenters. The summed E-state index contributed by atoms with van der Waals surface area (Å²) in [5.41, 5.74) is 6.57. The molecule has 6 heteroatoms. The number of benzene rings is 1. The number of nitrogens with zero attached hydrogens (tertiary/aromatic N) is 1. The molecule has 0 heterocycles. The highest BCUT2D eigenvalue weighted by atomic mass is 32.2. The molecule has 1 aromatic rings. The maximum atomic E-state index is 12.2. The van der Waals surface area contributed by atoms with Crippen LogP contribution in [0.2, 0.25) is 0 Å². The van der Waals surface area contributed by atoms with Crippen LogP contribution >= 0.6 is 0 Å². The summed E-state index contributed by atoms with van der Waals surface area (Å²) in [6.45, 7) is 4.52. The summed E-state index contributed by atoms with van der Waals surface area (Å²) in [6.07, 6.45) is 1.46. The van der Waals surface area contributed by atoms with Gasteiger partial charge in [0.2, 0.25) is 0 Å². The lowest BCUT2D eigenvalue weighted by Crippen LogP contribution is -2.51. The first kappa shape index (κ1) is 17.1. The SMILES string of the molecule is CCC(N)(CC)CNS(=O)(=O)N(C)Cc1ccccc1. The van der Waals surface area contributed by atoms with Gasteiger partial charge in [-0.25, -0.2) is 4.72 Å². The van der Waals surface area contributed by atoms with Crippen molar-refractivity contribution in [3.05, 3.63) is 35.9 Å². The molecule has 0 aromatic heterocycles. The van der Waals surface area contributed by atoms with Crippen LogP contribution in [-0.4, -0.2) is 31.9 Å². The molecule has 0 spiro atoms. The van der Waals surface area contributed by atoms with E-state index in [2.05, 4.69) is 4.72 Å². The third-order valence-corrected chi connectivity index (χ3v) is 5.13. The Labute approximate surface area is 122 Å². The maximum Gasteiger partial charge on any atom is 0.279 e. The molecule has 0 amide bonds. The van der Waals surface area contributed by atoms with Gasteiger partial charge >= 0.3 is 0 Å². The minimum atomic E-state index is -3.51. The van der Waals surface area contributed by atoms with Crippen LogP contribution < -0.4 is 10.5 Å². The van der Waals surface area contributed by atoms with Crippen molar-refractivity contribution in [2.24, 2.45) is 5.73 Å². The molecule has 0 aliphatic carbocycles. The third kappa shape index (κ3) is 4.86. The van der Waals surface area contributed by atoms with Crippen LogP contribution in [0.3, 0.4) is 0 Å². The van der Waals surface area contributed by atoms with Crippen molar-refractivity contribution >= 4 is 10.2 Å². The molecule has 0 fully saturated rings. The predicted molar refractivity (Wildman–Crippen MR) is 82.3 cm³/mol. The van der Waals surface area contributed by atoms with Crippen molar-refractivity contribution in [2.75, 3.05) is 13.6 Å². The highest BCUT2D eigenvalue weighted by molar-refractivity contribution is 7.87. The minimum absolute atomic E-state index is 0.251. The van der Waals surface area contributed by atoms with Crippen LogP contribution in [0.5, 0.6) is 0 Å². The first-order valence-corrected chi connectivity index (χ1v) is 8.30. The standard InChI is InChI=1S/C14H25N3O2S/c1-4-14(15,5-2)12-16-20(18,19)17(3)11-13-9-7-6-8-10-13/h6-10,16H,4-5,11-12,15H2,1-3H3. The monoisotopic (exact) mass is 299 g/mol. The molecule has 0 radical (unpaired) electrons. The van der Waals surface area contributed by atoms with Crippen molar-refractivity contribution in [1.29, 1.82) is 0 Å². The molecule has 114 valence electrons. The molecule has 0 saturated heterocycles. The van der Waals surface area contributed by atoms with E-state index in [0.717, 1.165) is 18.4 Å². The third-order valence-electron chi connectivity index (χ3n) is 3.67. The number of hydrogen-bond acceptors (Lipinski definition) is 3. The second-order valence-electron chi connectivity index (χ2n) is 5.14. The van der Waals surface area contributed by atoms with Crippen LogP contribution in [-0.2, 0) is 16.8 Å². The Bertz CT molecular complexity index is 498. The first-order chi connectivity index (χ1) is 9.33. The van der Waals surface area contributed by atoms with Gasteiger partial charge in [-0.3, -0.25) is 0 Å². The molecule has 3 N–H and O–H groups in total. The van der Waals surface area contributed by atoms with Crippen LogP contribution in [0.15, 0.2) is 30.3 Å². The van der Waals surface area contributed by atoms with E-state index in [1.165, 1.54) is 4.31 Å². The van der Waals surface area contributed by atoms with Crippen LogP contribution in [0.4, 0.5) is 0 Å². The second kappa shape index (κ2) is 7.17. The highest BCUT2D eigenvalue weighted by Gasteiger charge is 2.25. The quantitative estimate of drug-likeness (QED) is 0.763. The fourth-order valence-corrected chi connectivity index (χ4v) is 2.78. The average molecular weight is 299 g/mol. The van der Waals surface area contributed by atoms with Crippen molar-refractivity contribution < 1.29 is 8.42 Å². The minimum Gasteiger partial charge on any atom is -0.324 e. The molecule has 1 rings (SSSR count). The van der Waals surface area contributed by atoms with Crippen LogP contribution in [0.1, 0.15) is 32.3 Å². The topological polar surface area (TPSA) is 75.4 Å². The van der Waals surface area contributed by atoms with E-state index in [9.17, 15) is 8.42 Å². The lowest BCUT2D eigenvalue weighted by Gasteiger charge is -2.28. The van der Waals surface area contributed by atoms with Crippen molar-refractivity contribution in [3.63, 3.8) is 0 Å². The van der Waals surface area contributed by atoms with E-state index < -0.39 is 15.7 Å². The van der Waals surface area contributed by atoms with Gasteiger partial charge in [-0.15, -0.1) is 0 Å². The fraction of sp³-hybridized carbons (Fsp3) is 0.571. The van der Waals surface area contributed by atoms with Crippen molar-refractivity contribution in [1.82, 2.24) is 9.03 Å². The van der Waals surface area contributed by atoms with Gasteiger partial charge in [0.1, 0.15) is 0 Å². The Morgan fingerprint density at radius 2 is 1.75 bits per heavy atom. The van der Waals surface area contributed by atoms with Gasteiger partial charge in [0.05, 0.1) is 0 Å². The van der Waals surface area contributed by atoms with E-state index in [4.69, 9.17) is 5.73 Å².